The smallest absolute Gasteiger partial charge is 0.258 e. The van der Waals surface area contributed by atoms with Gasteiger partial charge < -0.3 is 15.4 Å². The molecule has 0 aliphatic rings. The van der Waals surface area contributed by atoms with Gasteiger partial charge in [0.1, 0.15) is 12.3 Å². The van der Waals surface area contributed by atoms with E-state index in [2.05, 4.69) is 10.6 Å². The molecule has 0 bridgehead atoms. The molecule has 0 spiro atoms. The SMILES string of the molecule is CCNCc1cc(C)ccc1OCC(=O)NCC#N. The summed E-state index contributed by atoms with van der Waals surface area (Å²) in [7, 11) is 0. The van der Waals surface area contributed by atoms with Crippen LogP contribution in [0.2, 0.25) is 0 Å². The van der Waals surface area contributed by atoms with Crippen molar-refractivity contribution in [2.75, 3.05) is 19.7 Å². The first-order valence-electron chi connectivity index (χ1n) is 6.24. The number of rotatable bonds is 7. The van der Waals surface area contributed by atoms with Crippen LogP contribution in [0.4, 0.5) is 0 Å². The lowest BCUT2D eigenvalue weighted by atomic mass is 10.1. The number of hydrogen-bond acceptors (Lipinski definition) is 4. The molecule has 0 saturated carbocycles. The number of nitrogens with zero attached hydrogens (tertiary/aromatic N) is 1. The highest BCUT2D eigenvalue weighted by molar-refractivity contribution is 5.77. The molecule has 19 heavy (non-hydrogen) atoms. The zero-order chi connectivity index (χ0) is 14.1. The molecule has 0 unspecified atom stereocenters. The van der Waals surface area contributed by atoms with Gasteiger partial charge in [-0.05, 0) is 19.5 Å². The van der Waals surface area contributed by atoms with Crippen LogP contribution in [0, 0.1) is 18.3 Å². The van der Waals surface area contributed by atoms with Gasteiger partial charge in [0, 0.05) is 12.1 Å². The average Bonchev–Trinajstić information content (AvgIpc) is 2.41. The zero-order valence-corrected chi connectivity index (χ0v) is 11.3. The summed E-state index contributed by atoms with van der Waals surface area (Å²) in [6.45, 7) is 5.54. The molecule has 2 N–H and O–H groups in total. The van der Waals surface area contributed by atoms with E-state index in [0.29, 0.717) is 12.3 Å². The fourth-order valence-corrected chi connectivity index (χ4v) is 1.58. The van der Waals surface area contributed by atoms with Crippen LogP contribution in [0.15, 0.2) is 18.2 Å². The molecule has 5 heteroatoms. The Morgan fingerprint density at radius 1 is 1.47 bits per heavy atom. The van der Waals surface area contributed by atoms with Crippen molar-refractivity contribution < 1.29 is 9.53 Å². The normalized spacial score (nSPS) is 9.74. The summed E-state index contributed by atoms with van der Waals surface area (Å²) < 4.78 is 5.49. The number of carbonyl (C=O) groups excluding carboxylic acids is 1. The molecular weight excluding hydrogens is 242 g/mol. The molecule has 0 fully saturated rings. The second-order valence-electron chi connectivity index (χ2n) is 4.12. The molecule has 1 aromatic rings. The first-order valence-corrected chi connectivity index (χ1v) is 6.24. The van der Waals surface area contributed by atoms with Gasteiger partial charge in [0.2, 0.25) is 0 Å². The topological polar surface area (TPSA) is 74.2 Å². The second-order valence-corrected chi connectivity index (χ2v) is 4.12. The molecule has 1 aromatic carbocycles. The van der Waals surface area contributed by atoms with Crippen LogP contribution in [0.5, 0.6) is 5.75 Å². The average molecular weight is 261 g/mol. The predicted octanol–water partition coefficient (Wildman–Crippen LogP) is 1.12. The number of benzene rings is 1. The summed E-state index contributed by atoms with van der Waals surface area (Å²) in [5, 5.41) is 14.0. The van der Waals surface area contributed by atoms with E-state index in [1.165, 1.54) is 0 Å². The van der Waals surface area contributed by atoms with E-state index >= 15 is 0 Å². The maximum atomic E-state index is 11.4. The highest BCUT2D eigenvalue weighted by atomic mass is 16.5. The van der Waals surface area contributed by atoms with E-state index in [1.807, 2.05) is 38.1 Å². The summed E-state index contributed by atoms with van der Waals surface area (Å²) in [5.41, 5.74) is 2.17. The van der Waals surface area contributed by atoms with Crippen molar-refractivity contribution in [1.82, 2.24) is 10.6 Å². The Bertz CT molecular complexity index is 466. The summed E-state index contributed by atoms with van der Waals surface area (Å²) in [5.74, 6) is 0.398. The maximum absolute atomic E-state index is 11.4. The number of nitriles is 1. The molecule has 0 saturated heterocycles. The van der Waals surface area contributed by atoms with Crippen LogP contribution in [-0.2, 0) is 11.3 Å². The molecule has 1 amide bonds. The fraction of sp³-hybridized carbons (Fsp3) is 0.429. The third-order valence-electron chi connectivity index (χ3n) is 2.50. The fourth-order valence-electron chi connectivity index (χ4n) is 1.58. The van der Waals surface area contributed by atoms with Crippen molar-refractivity contribution in [2.24, 2.45) is 0 Å². The number of amides is 1. The minimum Gasteiger partial charge on any atom is -0.483 e. The van der Waals surface area contributed by atoms with Gasteiger partial charge >= 0.3 is 0 Å². The number of carbonyl (C=O) groups is 1. The van der Waals surface area contributed by atoms with Gasteiger partial charge in [-0.25, -0.2) is 0 Å². The van der Waals surface area contributed by atoms with Crippen LogP contribution in [-0.4, -0.2) is 25.6 Å². The molecule has 5 nitrogen and oxygen atoms in total. The molecule has 0 aliphatic carbocycles. The van der Waals surface area contributed by atoms with Crippen molar-refractivity contribution in [3.63, 3.8) is 0 Å². The first kappa shape index (κ1) is 15.0. The van der Waals surface area contributed by atoms with Crippen LogP contribution in [0.3, 0.4) is 0 Å². The third-order valence-corrected chi connectivity index (χ3v) is 2.50. The standard InChI is InChI=1S/C14H19N3O2/c1-3-16-9-12-8-11(2)4-5-13(12)19-10-14(18)17-7-6-15/h4-5,8,16H,3,7,9-10H2,1-2H3,(H,17,18). The maximum Gasteiger partial charge on any atom is 0.258 e. The Labute approximate surface area is 113 Å². The van der Waals surface area contributed by atoms with Crippen molar-refractivity contribution in [2.45, 2.75) is 20.4 Å². The van der Waals surface area contributed by atoms with Gasteiger partial charge in [-0.15, -0.1) is 0 Å². The van der Waals surface area contributed by atoms with Gasteiger partial charge in [-0.3, -0.25) is 4.79 Å². The monoisotopic (exact) mass is 261 g/mol. The van der Waals surface area contributed by atoms with E-state index in [9.17, 15) is 4.79 Å². The molecule has 0 radical (unpaired) electrons. The minimum atomic E-state index is -0.295. The van der Waals surface area contributed by atoms with Gasteiger partial charge in [-0.1, -0.05) is 24.6 Å². The minimum absolute atomic E-state index is 0.000336. The molecule has 0 aliphatic heterocycles. The third kappa shape index (κ3) is 5.40. The lowest BCUT2D eigenvalue weighted by Gasteiger charge is -2.12. The van der Waals surface area contributed by atoms with Gasteiger partial charge in [0.05, 0.1) is 6.07 Å². The highest BCUT2D eigenvalue weighted by Crippen LogP contribution is 2.19. The Morgan fingerprint density at radius 2 is 2.26 bits per heavy atom. The Kier molecular flexibility index (Phi) is 6.41. The van der Waals surface area contributed by atoms with Crippen LogP contribution < -0.4 is 15.4 Å². The molecule has 0 aromatic heterocycles. The van der Waals surface area contributed by atoms with Gasteiger partial charge in [0.15, 0.2) is 6.61 Å². The van der Waals surface area contributed by atoms with E-state index < -0.39 is 0 Å². The van der Waals surface area contributed by atoms with E-state index in [0.717, 1.165) is 17.7 Å². The molecular formula is C14H19N3O2. The number of aryl methyl sites for hydroxylation is 1. The summed E-state index contributed by atoms with van der Waals surface area (Å²) in [6, 6.07) is 7.68. The van der Waals surface area contributed by atoms with E-state index in [1.54, 1.807) is 0 Å². The van der Waals surface area contributed by atoms with E-state index in [4.69, 9.17) is 10.00 Å². The van der Waals surface area contributed by atoms with Gasteiger partial charge in [-0.2, -0.15) is 5.26 Å². The first-order chi connectivity index (χ1) is 9.17. The molecule has 102 valence electrons. The lowest BCUT2D eigenvalue weighted by Crippen LogP contribution is -2.29. The summed E-state index contributed by atoms with van der Waals surface area (Å²) in [6.07, 6.45) is 0. The second kappa shape index (κ2) is 8.11. The van der Waals surface area contributed by atoms with Crippen molar-refractivity contribution in [3.05, 3.63) is 29.3 Å². The summed E-state index contributed by atoms with van der Waals surface area (Å²) >= 11 is 0. The largest absolute Gasteiger partial charge is 0.483 e. The molecule has 0 heterocycles. The summed E-state index contributed by atoms with van der Waals surface area (Å²) in [4.78, 5) is 11.4. The number of ether oxygens (including phenoxy) is 1. The number of hydrogen-bond donors (Lipinski definition) is 2. The van der Waals surface area contributed by atoms with Crippen molar-refractivity contribution in [1.29, 1.82) is 5.26 Å². The zero-order valence-electron chi connectivity index (χ0n) is 11.3. The Morgan fingerprint density at radius 3 is 2.95 bits per heavy atom. The number of nitrogens with one attached hydrogen (secondary N) is 2. The Balaban J connectivity index is 2.61. The van der Waals surface area contributed by atoms with Crippen molar-refractivity contribution in [3.8, 4) is 11.8 Å². The van der Waals surface area contributed by atoms with Crippen LogP contribution in [0.1, 0.15) is 18.1 Å². The predicted molar refractivity (Wildman–Crippen MR) is 72.7 cm³/mol. The van der Waals surface area contributed by atoms with Gasteiger partial charge in [0.25, 0.3) is 5.91 Å². The highest BCUT2D eigenvalue weighted by Gasteiger charge is 2.06. The van der Waals surface area contributed by atoms with E-state index in [-0.39, 0.29) is 19.1 Å². The Hall–Kier alpha value is -2.06. The lowest BCUT2D eigenvalue weighted by molar-refractivity contribution is -0.122. The van der Waals surface area contributed by atoms with Crippen LogP contribution >= 0.6 is 0 Å². The molecule has 1 rings (SSSR count). The quantitative estimate of drug-likeness (QED) is 0.721. The van der Waals surface area contributed by atoms with Crippen molar-refractivity contribution >= 4 is 5.91 Å². The molecule has 0 atom stereocenters. The van der Waals surface area contributed by atoms with Crippen LogP contribution in [0.25, 0.3) is 0 Å².